The van der Waals surface area contributed by atoms with Crippen molar-refractivity contribution in [3.63, 3.8) is 0 Å². The van der Waals surface area contributed by atoms with Gasteiger partial charge in [0.05, 0.1) is 0 Å². The average molecular weight is 229 g/mol. The molecule has 0 atom stereocenters. The van der Waals surface area contributed by atoms with Gasteiger partial charge in [0.15, 0.2) is 5.82 Å². The Kier molecular flexibility index (Phi) is 2.31. The van der Waals surface area contributed by atoms with E-state index in [2.05, 4.69) is 15.5 Å². The maximum absolute atomic E-state index is 5.82. The largest absolute Gasteiger partial charge is 0.399 e. The Hall–Kier alpha value is -1.91. The van der Waals surface area contributed by atoms with Crippen LogP contribution in [0, 0.1) is 12.8 Å². The fraction of sp³-hybridized carbons (Fsp3) is 0.417. The molecule has 1 aliphatic carbocycles. The van der Waals surface area contributed by atoms with E-state index >= 15 is 0 Å². The van der Waals surface area contributed by atoms with Gasteiger partial charge in [-0.3, -0.25) is 0 Å². The quantitative estimate of drug-likeness (QED) is 0.812. The molecule has 0 unspecified atom stereocenters. The molecule has 0 saturated heterocycles. The van der Waals surface area contributed by atoms with Gasteiger partial charge in [0.2, 0.25) is 0 Å². The topological polar surface area (TPSA) is 69.6 Å². The van der Waals surface area contributed by atoms with Gasteiger partial charge in [0, 0.05) is 17.8 Å². The molecule has 3 rings (SSSR count). The van der Waals surface area contributed by atoms with E-state index in [1.54, 1.807) is 0 Å². The predicted octanol–water partition coefficient (Wildman–Crippen LogP) is 1.64. The highest BCUT2D eigenvalue weighted by Gasteiger charge is 2.24. The molecule has 0 amide bonds. The third kappa shape index (κ3) is 2.00. The normalized spacial score (nSPS) is 15.1. The van der Waals surface area contributed by atoms with Gasteiger partial charge in [0.1, 0.15) is 0 Å². The first-order valence-corrected chi connectivity index (χ1v) is 5.86. The number of nitrogen functional groups attached to an aromatic ring is 1. The van der Waals surface area contributed by atoms with Crippen LogP contribution in [0.4, 0.5) is 5.69 Å². The maximum Gasteiger partial charge on any atom is 0.182 e. The minimum Gasteiger partial charge on any atom is -0.399 e. The van der Waals surface area contributed by atoms with E-state index in [4.69, 9.17) is 5.73 Å². The third-order valence-corrected chi connectivity index (χ3v) is 3.16. The van der Waals surface area contributed by atoms with Crippen LogP contribution in [0.25, 0.3) is 11.4 Å². The van der Waals surface area contributed by atoms with E-state index in [0.29, 0.717) is 0 Å². The smallest absolute Gasteiger partial charge is 0.182 e. The standard InChI is InChI=1S/C12H15N5/c1-8-2-5-10(13)6-11(8)12-14-15-16-17(12)7-9-3-4-9/h2,5-6,9H,3-4,7,13H2,1H3. The van der Waals surface area contributed by atoms with Crippen LogP contribution in [-0.4, -0.2) is 20.2 Å². The number of nitrogens with zero attached hydrogens (tertiary/aromatic N) is 4. The van der Waals surface area contributed by atoms with Crippen molar-refractivity contribution in [1.29, 1.82) is 0 Å². The Morgan fingerprint density at radius 2 is 2.24 bits per heavy atom. The second-order valence-corrected chi connectivity index (χ2v) is 4.70. The van der Waals surface area contributed by atoms with Gasteiger partial charge in [-0.05, 0) is 53.8 Å². The summed E-state index contributed by atoms with van der Waals surface area (Å²) in [5, 5.41) is 11.9. The van der Waals surface area contributed by atoms with Crippen molar-refractivity contribution in [2.24, 2.45) is 5.92 Å². The fourth-order valence-electron chi connectivity index (χ4n) is 1.95. The maximum atomic E-state index is 5.82. The molecule has 5 nitrogen and oxygen atoms in total. The number of nitrogens with two attached hydrogens (primary N) is 1. The summed E-state index contributed by atoms with van der Waals surface area (Å²) in [5.41, 5.74) is 8.73. The summed E-state index contributed by atoms with van der Waals surface area (Å²) < 4.78 is 1.89. The number of aryl methyl sites for hydroxylation is 1. The molecule has 88 valence electrons. The van der Waals surface area contributed by atoms with Crippen LogP contribution in [0.3, 0.4) is 0 Å². The monoisotopic (exact) mass is 229 g/mol. The summed E-state index contributed by atoms with van der Waals surface area (Å²) in [6, 6.07) is 5.83. The average Bonchev–Trinajstić information content (AvgIpc) is 3.00. The number of tetrazole rings is 1. The number of anilines is 1. The number of benzene rings is 1. The molecule has 1 fully saturated rings. The zero-order chi connectivity index (χ0) is 11.8. The summed E-state index contributed by atoms with van der Waals surface area (Å²) in [5.74, 6) is 1.57. The summed E-state index contributed by atoms with van der Waals surface area (Å²) in [4.78, 5) is 0. The lowest BCUT2D eigenvalue weighted by Gasteiger charge is -2.07. The van der Waals surface area contributed by atoms with Gasteiger partial charge in [-0.1, -0.05) is 6.07 Å². The Balaban J connectivity index is 2.01. The van der Waals surface area contributed by atoms with Crippen molar-refractivity contribution in [2.75, 3.05) is 5.73 Å². The Morgan fingerprint density at radius 1 is 1.41 bits per heavy atom. The zero-order valence-electron chi connectivity index (χ0n) is 9.80. The molecular formula is C12H15N5. The second kappa shape index (κ2) is 3.84. The molecule has 1 aromatic carbocycles. The Morgan fingerprint density at radius 3 is 3.00 bits per heavy atom. The minimum atomic E-state index is 0.742. The molecule has 1 aromatic heterocycles. The second-order valence-electron chi connectivity index (χ2n) is 4.70. The van der Waals surface area contributed by atoms with Crippen molar-refractivity contribution >= 4 is 5.69 Å². The van der Waals surface area contributed by atoms with Crippen LogP contribution in [-0.2, 0) is 6.54 Å². The predicted molar refractivity (Wildman–Crippen MR) is 65.1 cm³/mol. The highest BCUT2D eigenvalue weighted by molar-refractivity contribution is 5.65. The van der Waals surface area contributed by atoms with Gasteiger partial charge in [-0.25, -0.2) is 4.68 Å². The van der Waals surface area contributed by atoms with Gasteiger partial charge < -0.3 is 5.73 Å². The number of rotatable bonds is 3. The summed E-state index contributed by atoms with van der Waals surface area (Å²) in [7, 11) is 0. The first-order valence-electron chi connectivity index (χ1n) is 5.86. The summed E-state index contributed by atoms with van der Waals surface area (Å²) >= 11 is 0. The van der Waals surface area contributed by atoms with Crippen molar-refractivity contribution in [2.45, 2.75) is 26.3 Å². The highest BCUT2D eigenvalue weighted by Crippen LogP contribution is 2.32. The minimum absolute atomic E-state index is 0.742. The third-order valence-electron chi connectivity index (χ3n) is 3.16. The molecule has 0 radical (unpaired) electrons. The molecule has 2 N–H and O–H groups in total. The van der Waals surface area contributed by atoms with Gasteiger partial charge in [0.25, 0.3) is 0 Å². The van der Waals surface area contributed by atoms with Gasteiger partial charge in [-0.15, -0.1) is 5.10 Å². The Labute approximate surface area is 99.6 Å². The fourth-order valence-corrected chi connectivity index (χ4v) is 1.95. The van der Waals surface area contributed by atoms with Crippen LogP contribution in [0.2, 0.25) is 0 Å². The van der Waals surface area contributed by atoms with E-state index in [-0.39, 0.29) is 0 Å². The highest BCUT2D eigenvalue weighted by atomic mass is 15.5. The molecule has 1 heterocycles. The number of hydrogen-bond acceptors (Lipinski definition) is 4. The molecule has 1 saturated carbocycles. The Bertz CT molecular complexity index is 542. The number of aromatic nitrogens is 4. The molecule has 17 heavy (non-hydrogen) atoms. The van der Waals surface area contributed by atoms with E-state index in [1.165, 1.54) is 12.8 Å². The van der Waals surface area contributed by atoms with Crippen LogP contribution in [0.1, 0.15) is 18.4 Å². The lowest BCUT2D eigenvalue weighted by Crippen LogP contribution is -2.05. The summed E-state index contributed by atoms with van der Waals surface area (Å²) in [6.45, 7) is 2.96. The van der Waals surface area contributed by atoms with Crippen molar-refractivity contribution in [3.05, 3.63) is 23.8 Å². The zero-order valence-corrected chi connectivity index (χ0v) is 9.80. The first-order chi connectivity index (χ1) is 8.24. The molecule has 1 aliphatic rings. The van der Waals surface area contributed by atoms with E-state index in [0.717, 1.165) is 35.1 Å². The van der Waals surface area contributed by atoms with Crippen LogP contribution in [0.15, 0.2) is 18.2 Å². The molecule has 0 bridgehead atoms. The van der Waals surface area contributed by atoms with Gasteiger partial charge >= 0.3 is 0 Å². The van der Waals surface area contributed by atoms with Crippen LogP contribution >= 0.6 is 0 Å². The van der Waals surface area contributed by atoms with Crippen LogP contribution < -0.4 is 5.73 Å². The van der Waals surface area contributed by atoms with Crippen molar-refractivity contribution in [3.8, 4) is 11.4 Å². The molecule has 0 aliphatic heterocycles. The summed E-state index contributed by atoms with van der Waals surface area (Å²) in [6.07, 6.45) is 2.57. The van der Waals surface area contributed by atoms with Gasteiger partial charge in [-0.2, -0.15) is 0 Å². The van der Waals surface area contributed by atoms with E-state index < -0.39 is 0 Å². The molecule has 0 spiro atoms. The molecule has 2 aromatic rings. The molecule has 5 heteroatoms. The molecular weight excluding hydrogens is 214 g/mol. The van der Waals surface area contributed by atoms with Crippen molar-refractivity contribution < 1.29 is 0 Å². The lowest BCUT2D eigenvalue weighted by atomic mass is 10.1. The SMILES string of the molecule is Cc1ccc(N)cc1-c1nnnn1CC1CC1. The van der Waals surface area contributed by atoms with E-state index in [1.807, 2.05) is 29.8 Å². The lowest BCUT2D eigenvalue weighted by molar-refractivity contribution is 0.548. The van der Waals surface area contributed by atoms with Crippen molar-refractivity contribution in [1.82, 2.24) is 20.2 Å². The van der Waals surface area contributed by atoms with Crippen LogP contribution in [0.5, 0.6) is 0 Å². The number of hydrogen-bond donors (Lipinski definition) is 1. The first kappa shape index (κ1) is 10.3. The van der Waals surface area contributed by atoms with E-state index in [9.17, 15) is 0 Å².